The number of aliphatic hydroxyl groups excluding tert-OH is 4. The van der Waals surface area contributed by atoms with E-state index in [1.165, 1.54) is 0 Å². The van der Waals surface area contributed by atoms with Gasteiger partial charge in [-0.1, -0.05) is 13.8 Å². The number of fused-ring (bicyclic) bond motifs is 2. The first kappa shape index (κ1) is 46.8. The van der Waals surface area contributed by atoms with Crippen molar-refractivity contribution in [1.82, 2.24) is 68.4 Å². The molecule has 2 aliphatic heterocycles. The van der Waals surface area contributed by atoms with Crippen LogP contribution in [0.2, 0.25) is 0 Å². The lowest BCUT2D eigenvalue weighted by Crippen LogP contribution is -2.34. The summed E-state index contributed by atoms with van der Waals surface area (Å²) in [6.07, 6.45) is 15.0. The lowest BCUT2D eigenvalue weighted by atomic mass is 9.91. The standard InChI is InChI=1S/C48H70N18O4/c1-7-27-19-51-65(21-27)35-17-33(39(67)41(35)69)63-25-49-37-43(55-47(57-45(37)63)61-15-13-31(23-61)59(3)4)53-29-9-11-30(12-10-29)54-44-38-46(58-48(56-44)62-16-14-32(24-62)60(5)6)64(26-50-38)34-18-36(42(70)40(34)68)66-22-28(8-2)20-52-66/h19-22,25-26,29-36,39-42,67-70H,7-18,23-24H2,1-6H3,(H,53,55,57)(H,54,56,58)/t29-,30-,31-,32-,33-,34-,35+,36+,39+,40+,41-,42-/m1/s1. The van der Waals surface area contributed by atoms with Crippen LogP contribution in [0.25, 0.3) is 22.3 Å². The average Bonchev–Trinajstić information content (AvgIpc) is 4.22. The first-order valence-electron chi connectivity index (χ1n) is 25.5. The fourth-order valence-electron chi connectivity index (χ4n) is 11.8. The molecule has 6 aromatic heterocycles. The molecule has 6 aromatic rings. The molecular weight excluding hydrogens is 893 g/mol. The number of rotatable bonds is 14. The second kappa shape index (κ2) is 18.9. The van der Waals surface area contributed by atoms with Gasteiger partial charge >= 0.3 is 0 Å². The van der Waals surface area contributed by atoms with E-state index < -0.39 is 36.5 Å². The monoisotopic (exact) mass is 963 g/mol. The van der Waals surface area contributed by atoms with Crippen molar-refractivity contribution >= 4 is 45.9 Å². The zero-order valence-corrected chi connectivity index (χ0v) is 41.2. The molecule has 0 aromatic carbocycles. The normalized spacial score (nSPS) is 30.6. The van der Waals surface area contributed by atoms with Gasteiger partial charge in [-0.15, -0.1) is 0 Å². The van der Waals surface area contributed by atoms with Crippen LogP contribution in [0.5, 0.6) is 0 Å². The molecule has 3 aliphatic carbocycles. The minimum Gasteiger partial charge on any atom is -0.388 e. The van der Waals surface area contributed by atoms with E-state index in [-0.39, 0.29) is 24.2 Å². The predicted molar refractivity (Wildman–Crippen MR) is 265 cm³/mol. The largest absolute Gasteiger partial charge is 0.388 e. The van der Waals surface area contributed by atoms with Gasteiger partial charge < -0.3 is 59.8 Å². The van der Waals surface area contributed by atoms with Gasteiger partial charge in [0.1, 0.15) is 24.4 Å². The Morgan fingerprint density at radius 1 is 0.557 bits per heavy atom. The first-order chi connectivity index (χ1) is 33.8. The highest BCUT2D eigenvalue weighted by Crippen LogP contribution is 2.43. The minimum absolute atomic E-state index is 0.109. The third kappa shape index (κ3) is 8.52. The summed E-state index contributed by atoms with van der Waals surface area (Å²) in [7, 11) is 8.44. The van der Waals surface area contributed by atoms with Crippen LogP contribution in [-0.4, -0.2) is 192 Å². The lowest BCUT2D eigenvalue weighted by Gasteiger charge is -2.31. The zero-order valence-electron chi connectivity index (χ0n) is 41.2. The quantitative estimate of drug-likeness (QED) is 0.0919. The summed E-state index contributed by atoms with van der Waals surface area (Å²) in [4.78, 5) is 39.4. The van der Waals surface area contributed by atoms with E-state index >= 15 is 0 Å². The van der Waals surface area contributed by atoms with Gasteiger partial charge in [0.2, 0.25) is 11.9 Å². The molecule has 3 saturated carbocycles. The van der Waals surface area contributed by atoms with Crippen molar-refractivity contribution in [2.24, 2.45) is 0 Å². The number of aryl methyl sites for hydroxylation is 2. The molecule has 10 atom stereocenters. The average molecular weight is 963 g/mol. The molecule has 5 aliphatic rings. The maximum Gasteiger partial charge on any atom is 0.229 e. The molecule has 376 valence electrons. The van der Waals surface area contributed by atoms with Crippen LogP contribution in [-0.2, 0) is 12.8 Å². The van der Waals surface area contributed by atoms with Crippen LogP contribution in [0.1, 0.15) is 101 Å². The lowest BCUT2D eigenvalue weighted by molar-refractivity contribution is 0.00721. The Hall–Kier alpha value is -5.52. The Morgan fingerprint density at radius 3 is 1.31 bits per heavy atom. The number of anilines is 4. The minimum atomic E-state index is -1.04. The SMILES string of the molecule is CCc1cnn([C@H]2C[C@@H](n3cnc4c(N[C@H]5CC[C@H](Nc6nc(N7CC[C@@H](N(C)C)C7)nc7c6ncn7[C@@H]6C[C@H](n7cc(CC)cn7)[C@@H](O)[C@H]6O)CC5)nc(N5CC[C@@H](N(C)C)C5)nc43)[C@H](O)[C@@H]2O)c1. The van der Waals surface area contributed by atoms with E-state index in [2.05, 4.69) is 82.5 Å². The van der Waals surface area contributed by atoms with Crippen LogP contribution in [0, 0.1) is 0 Å². The molecule has 6 N–H and O–H groups in total. The van der Waals surface area contributed by atoms with E-state index in [4.69, 9.17) is 29.9 Å². The summed E-state index contributed by atoms with van der Waals surface area (Å²) in [6, 6.07) is -0.739. The van der Waals surface area contributed by atoms with Gasteiger partial charge in [0.05, 0.1) is 49.2 Å². The highest BCUT2D eigenvalue weighted by Gasteiger charge is 2.46. The van der Waals surface area contributed by atoms with E-state index in [1.54, 1.807) is 22.0 Å². The number of nitrogens with zero attached hydrogens (tertiary/aromatic N) is 16. The Bertz CT molecular complexity index is 2590. The molecule has 70 heavy (non-hydrogen) atoms. The van der Waals surface area contributed by atoms with E-state index in [9.17, 15) is 20.4 Å². The van der Waals surface area contributed by atoms with E-state index in [1.807, 2.05) is 33.9 Å². The number of aromatic nitrogens is 12. The summed E-state index contributed by atoms with van der Waals surface area (Å²) in [5.74, 6) is 2.59. The van der Waals surface area contributed by atoms with Crippen LogP contribution in [0.15, 0.2) is 37.4 Å². The van der Waals surface area contributed by atoms with Crippen LogP contribution >= 0.6 is 0 Å². The second-order valence-corrected chi connectivity index (χ2v) is 21.0. The molecule has 22 nitrogen and oxygen atoms in total. The Labute approximate surface area is 407 Å². The van der Waals surface area contributed by atoms with Crippen molar-refractivity contribution in [3.05, 3.63) is 48.6 Å². The molecule has 0 amide bonds. The summed E-state index contributed by atoms with van der Waals surface area (Å²) >= 11 is 0. The first-order valence-corrected chi connectivity index (χ1v) is 25.5. The van der Waals surface area contributed by atoms with Crippen molar-refractivity contribution < 1.29 is 20.4 Å². The molecule has 0 spiro atoms. The summed E-state index contributed by atoms with van der Waals surface area (Å²) in [5, 5.41) is 62.5. The Kier molecular flexibility index (Phi) is 12.7. The predicted octanol–water partition coefficient (Wildman–Crippen LogP) is 2.42. The van der Waals surface area contributed by atoms with Gasteiger partial charge in [0.25, 0.3) is 0 Å². The Balaban J connectivity index is 0.843. The number of aliphatic hydroxyl groups is 4. The van der Waals surface area contributed by atoms with E-state index in [0.29, 0.717) is 70.8 Å². The molecule has 0 bridgehead atoms. The fraction of sp³-hybridized carbons (Fsp3) is 0.667. The molecule has 5 fully saturated rings. The molecular formula is C48H70N18O4. The van der Waals surface area contributed by atoms with E-state index in [0.717, 1.165) is 88.7 Å². The number of imidazole rings is 2. The maximum absolute atomic E-state index is 11.5. The van der Waals surface area contributed by atoms with Crippen molar-refractivity contribution in [3.8, 4) is 0 Å². The van der Waals surface area contributed by atoms with Gasteiger partial charge in [0, 0.05) is 62.7 Å². The van der Waals surface area contributed by atoms with Crippen LogP contribution in [0.3, 0.4) is 0 Å². The summed E-state index contributed by atoms with van der Waals surface area (Å²) in [6.45, 7) is 7.39. The maximum atomic E-state index is 11.5. The van der Waals surface area contributed by atoms with Gasteiger partial charge in [-0.3, -0.25) is 9.36 Å². The molecule has 0 unspecified atom stereocenters. The van der Waals surface area contributed by atoms with Crippen molar-refractivity contribution in [3.63, 3.8) is 0 Å². The van der Waals surface area contributed by atoms with Crippen molar-refractivity contribution in [2.45, 2.75) is 151 Å². The fourth-order valence-corrected chi connectivity index (χ4v) is 11.8. The third-order valence-electron chi connectivity index (χ3n) is 16.3. The number of likely N-dealkylation sites (N-methyl/N-ethyl adjacent to an activating group) is 2. The number of hydrogen-bond acceptors (Lipinski definition) is 18. The second-order valence-electron chi connectivity index (χ2n) is 21.0. The van der Waals surface area contributed by atoms with Crippen LogP contribution in [0.4, 0.5) is 23.5 Å². The molecule has 11 rings (SSSR count). The van der Waals surface area contributed by atoms with Gasteiger partial charge in [-0.2, -0.15) is 30.1 Å². The van der Waals surface area contributed by atoms with Gasteiger partial charge in [0.15, 0.2) is 34.0 Å². The third-order valence-corrected chi connectivity index (χ3v) is 16.3. The summed E-state index contributed by atoms with van der Waals surface area (Å²) in [5.41, 5.74) is 4.68. The van der Waals surface area contributed by atoms with Gasteiger partial charge in [-0.05, 0) is 104 Å². The topological polar surface area (TPSA) is 241 Å². The Morgan fingerprint density at radius 2 is 0.957 bits per heavy atom. The highest BCUT2D eigenvalue weighted by atomic mass is 16.3. The van der Waals surface area contributed by atoms with Crippen molar-refractivity contribution in [2.75, 3.05) is 74.8 Å². The smallest absolute Gasteiger partial charge is 0.229 e. The van der Waals surface area contributed by atoms with Crippen LogP contribution < -0.4 is 20.4 Å². The summed E-state index contributed by atoms with van der Waals surface area (Å²) < 4.78 is 7.44. The molecule has 22 heteroatoms. The van der Waals surface area contributed by atoms with Crippen molar-refractivity contribution in [1.29, 1.82) is 0 Å². The molecule has 2 saturated heterocycles. The zero-order chi connectivity index (χ0) is 48.5. The number of hydrogen-bond donors (Lipinski definition) is 6. The highest BCUT2D eigenvalue weighted by molar-refractivity contribution is 5.86. The number of nitrogens with one attached hydrogen (secondary N) is 2. The molecule has 8 heterocycles. The molecule has 0 radical (unpaired) electrons. The van der Waals surface area contributed by atoms with Gasteiger partial charge in [-0.25, -0.2) is 9.97 Å².